The average Bonchev–Trinajstić information content (AvgIpc) is 2.59. The Morgan fingerprint density at radius 1 is 1.28 bits per heavy atom. The summed E-state index contributed by atoms with van der Waals surface area (Å²) in [4.78, 5) is 0. The quantitative estimate of drug-likeness (QED) is 0.424. The van der Waals surface area contributed by atoms with Crippen LogP contribution in [0.5, 0.6) is 0 Å². The minimum atomic E-state index is 0.426. The molecule has 0 amide bonds. The van der Waals surface area contributed by atoms with Crippen molar-refractivity contribution >= 4 is 0 Å². The van der Waals surface area contributed by atoms with Crippen molar-refractivity contribution in [1.29, 1.82) is 0 Å². The van der Waals surface area contributed by atoms with E-state index in [1.54, 1.807) is 0 Å². The zero-order chi connectivity index (χ0) is 13.5. The molecular formula is C14H28N4. The second-order valence-electron chi connectivity index (χ2n) is 5.17. The Bertz CT molecular complexity index is 357. The third-order valence-electron chi connectivity index (χ3n) is 3.79. The van der Waals surface area contributed by atoms with Crippen molar-refractivity contribution in [2.24, 2.45) is 12.9 Å². The molecule has 0 saturated heterocycles. The molecule has 0 fully saturated rings. The van der Waals surface area contributed by atoms with Gasteiger partial charge in [-0.3, -0.25) is 16.0 Å². The van der Waals surface area contributed by atoms with E-state index in [0.29, 0.717) is 6.04 Å². The molecule has 1 rings (SSSR count). The number of aryl methyl sites for hydroxylation is 2. The van der Waals surface area contributed by atoms with E-state index in [0.717, 1.165) is 18.5 Å². The second-order valence-corrected chi connectivity index (χ2v) is 5.17. The summed E-state index contributed by atoms with van der Waals surface area (Å²) in [5.74, 6) is 5.63. The summed E-state index contributed by atoms with van der Waals surface area (Å²) in [5, 5.41) is 4.45. The summed E-state index contributed by atoms with van der Waals surface area (Å²) < 4.78 is 1.96. The van der Waals surface area contributed by atoms with Gasteiger partial charge in [0.2, 0.25) is 0 Å². The molecule has 0 aromatic carbocycles. The highest BCUT2D eigenvalue weighted by molar-refractivity contribution is 5.24. The van der Waals surface area contributed by atoms with Crippen LogP contribution in [0.15, 0.2) is 0 Å². The van der Waals surface area contributed by atoms with Gasteiger partial charge < -0.3 is 0 Å². The van der Waals surface area contributed by atoms with Crippen molar-refractivity contribution < 1.29 is 0 Å². The third-order valence-corrected chi connectivity index (χ3v) is 3.79. The van der Waals surface area contributed by atoms with E-state index >= 15 is 0 Å². The Kier molecular flexibility index (Phi) is 6.36. The lowest BCUT2D eigenvalue weighted by Gasteiger charge is -2.15. The lowest BCUT2D eigenvalue weighted by Crippen LogP contribution is -2.35. The number of hydrogen-bond acceptors (Lipinski definition) is 3. The highest BCUT2D eigenvalue weighted by Crippen LogP contribution is 2.16. The van der Waals surface area contributed by atoms with Crippen LogP contribution in [0.25, 0.3) is 0 Å². The number of rotatable bonds is 8. The minimum Gasteiger partial charge on any atom is -0.272 e. The summed E-state index contributed by atoms with van der Waals surface area (Å²) in [6.45, 7) is 6.45. The SMILES string of the molecule is CCCCCC(CCc1c(C)nn(C)c1C)NN. The summed E-state index contributed by atoms with van der Waals surface area (Å²) >= 11 is 0. The van der Waals surface area contributed by atoms with Crippen molar-refractivity contribution in [3.05, 3.63) is 17.0 Å². The van der Waals surface area contributed by atoms with Crippen molar-refractivity contribution in [2.45, 2.75) is 65.3 Å². The van der Waals surface area contributed by atoms with Gasteiger partial charge in [0, 0.05) is 18.8 Å². The molecule has 4 nitrogen and oxygen atoms in total. The molecular weight excluding hydrogens is 224 g/mol. The predicted molar refractivity (Wildman–Crippen MR) is 76.3 cm³/mol. The maximum atomic E-state index is 5.63. The lowest BCUT2D eigenvalue weighted by molar-refractivity contribution is 0.443. The first-order valence-electron chi connectivity index (χ1n) is 7.05. The van der Waals surface area contributed by atoms with Gasteiger partial charge in [0.05, 0.1) is 5.69 Å². The first-order valence-corrected chi connectivity index (χ1v) is 7.05. The molecule has 0 bridgehead atoms. The van der Waals surface area contributed by atoms with Gasteiger partial charge in [-0.05, 0) is 38.7 Å². The Labute approximate surface area is 111 Å². The van der Waals surface area contributed by atoms with E-state index < -0.39 is 0 Å². The highest BCUT2D eigenvalue weighted by atomic mass is 15.3. The van der Waals surface area contributed by atoms with Gasteiger partial charge in [0.15, 0.2) is 0 Å². The molecule has 1 heterocycles. The van der Waals surface area contributed by atoms with Crippen molar-refractivity contribution in [2.75, 3.05) is 0 Å². The molecule has 3 N–H and O–H groups in total. The fraction of sp³-hybridized carbons (Fsp3) is 0.786. The van der Waals surface area contributed by atoms with E-state index in [-0.39, 0.29) is 0 Å². The van der Waals surface area contributed by atoms with Crippen LogP contribution in [0.1, 0.15) is 56.0 Å². The van der Waals surface area contributed by atoms with Gasteiger partial charge in [0.25, 0.3) is 0 Å². The Morgan fingerprint density at radius 2 is 2.00 bits per heavy atom. The molecule has 0 aliphatic heterocycles. The second kappa shape index (κ2) is 7.54. The Balaban J connectivity index is 2.46. The molecule has 1 aromatic heterocycles. The molecule has 0 saturated carbocycles. The molecule has 0 aliphatic carbocycles. The fourth-order valence-electron chi connectivity index (χ4n) is 2.45. The number of aromatic nitrogens is 2. The molecule has 4 heteroatoms. The molecule has 104 valence electrons. The molecule has 0 aliphatic rings. The van der Waals surface area contributed by atoms with Crippen molar-refractivity contribution in [1.82, 2.24) is 15.2 Å². The number of hydrogen-bond donors (Lipinski definition) is 2. The first kappa shape index (κ1) is 15.2. The number of nitrogens with one attached hydrogen (secondary N) is 1. The van der Waals surface area contributed by atoms with E-state index in [2.05, 4.69) is 31.3 Å². The molecule has 1 aromatic rings. The maximum absolute atomic E-state index is 5.63. The normalized spacial score (nSPS) is 12.9. The van der Waals surface area contributed by atoms with E-state index in [4.69, 9.17) is 5.84 Å². The summed E-state index contributed by atoms with van der Waals surface area (Å²) in [5.41, 5.74) is 6.76. The van der Waals surface area contributed by atoms with Crippen LogP contribution in [0.3, 0.4) is 0 Å². The summed E-state index contributed by atoms with van der Waals surface area (Å²) in [6, 6.07) is 0.426. The van der Waals surface area contributed by atoms with Gasteiger partial charge >= 0.3 is 0 Å². The fourth-order valence-corrected chi connectivity index (χ4v) is 2.45. The standard InChI is InChI=1S/C14H28N4/c1-5-6-7-8-13(16-15)9-10-14-11(2)17-18(4)12(14)3/h13,16H,5-10,15H2,1-4H3. The van der Waals surface area contributed by atoms with Crippen LogP contribution in [0, 0.1) is 13.8 Å². The molecule has 0 spiro atoms. The van der Waals surface area contributed by atoms with Crippen LogP contribution in [-0.2, 0) is 13.5 Å². The largest absolute Gasteiger partial charge is 0.272 e. The van der Waals surface area contributed by atoms with Gasteiger partial charge in [0.1, 0.15) is 0 Å². The maximum Gasteiger partial charge on any atom is 0.0628 e. The summed E-state index contributed by atoms with van der Waals surface area (Å²) in [6.07, 6.45) is 7.14. The van der Waals surface area contributed by atoms with Gasteiger partial charge in [-0.2, -0.15) is 5.10 Å². The van der Waals surface area contributed by atoms with Crippen molar-refractivity contribution in [3.63, 3.8) is 0 Å². The van der Waals surface area contributed by atoms with Gasteiger partial charge in [-0.25, -0.2) is 0 Å². The Hall–Kier alpha value is -0.870. The van der Waals surface area contributed by atoms with Crippen LogP contribution in [0.4, 0.5) is 0 Å². The van der Waals surface area contributed by atoms with Crippen LogP contribution >= 0.6 is 0 Å². The molecule has 1 atom stereocenters. The first-order chi connectivity index (χ1) is 8.60. The average molecular weight is 252 g/mol. The molecule has 1 unspecified atom stereocenters. The van der Waals surface area contributed by atoms with Crippen LogP contribution < -0.4 is 11.3 Å². The number of nitrogens with two attached hydrogens (primary N) is 1. The zero-order valence-electron chi connectivity index (χ0n) is 12.3. The highest BCUT2D eigenvalue weighted by Gasteiger charge is 2.12. The summed E-state index contributed by atoms with van der Waals surface area (Å²) in [7, 11) is 2.01. The minimum absolute atomic E-state index is 0.426. The van der Waals surface area contributed by atoms with E-state index in [1.807, 2.05) is 11.7 Å². The lowest BCUT2D eigenvalue weighted by atomic mass is 10.00. The number of nitrogens with zero attached hydrogens (tertiary/aromatic N) is 2. The molecule has 18 heavy (non-hydrogen) atoms. The third kappa shape index (κ3) is 4.10. The van der Waals surface area contributed by atoms with Crippen LogP contribution in [-0.4, -0.2) is 15.8 Å². The van der Waals surface area contributed by atoms with E-state index in [1.165, 1.54) is 36.9 Å². The molecule has 0 radical (unpaired) electrons. The smallest absolute Gasteiger partial charge is 0.0628 e. The van der Waals surface area contributed by atoms with Crippen molar-refractivity contribution in [3.8, 4) is 0 Å². The Morgan fingerprint density at radius 3 is 2.50 bits per heavy atom. The van der Waals surface area contributed by atoms with Gasteiger partial charge in [-0.15, -0.1) is 0 Å². The zero-order valence-corrected chi connectivity index (χ0v) is 12.3. The van der Waals surface area contributed by atoms with Crippen LogP contribution in [0.2, 0.25) is 0 Å². The number of hydrazine groups is 1. The number of unbranched alkanes of at least 4 members (excludes halogenated alkanes) is 2. The predicted octanol–water partition coefficient (Wildman–Crippen LogP) is 2.38. The van der Waals surface area contributed by atoms with Gasteiger partial charge in [-0.1, -0.05) is 26.2 Å². The topological polar surface area (TPSA) is 55.9 Å². The monoisotopic (exact) mass is 252 g/mol. The van der Waals surface area contributed by atoms with E-state index in [9.17, 15) is 0 Å².